The van der Waals surface area contributed by atoms with Crippen molar-refractivity contribution >= 4 is 0 Å². The molecule has 0 amide bonds. The first-order valence-corrected chi connectivity index (χ1v) is 3.57. The Morgan fingerprint density at radius 3 is 2.67 bits per heavy atom. The van der Waals surface area contributed by atoms with E-state index in [-0.39, 0.29) is 11.6 Å². The van der Waals surface area contributed by atoms with Gasteiger partial charge in [0.05, 0.1) is 0 Å². The van der Waals surface area contributed by atoms with Crippen molar-refractivity contribution in [3.05, 3.63) is 35.4 Å². The lowest BCUT2D eigenvalue weighted by Crippen LogP contribution is -2.26. The number of benzene rings is 1. The van der Waals surface area contributed by atoms with Gasteiger partial charge in [-0.05, 0) is 13.0 Å². The number of nitrogens with two attached hydrogens (primary N) is 1. The first-order valence-electron chi connectivity index (χ1n) is 3.57. The Morgan fingerprint density at radius 1 is 1.42 bits per heavy atom. The van der Waals surface area contributed by atoms with Crippen molar-refractivity contribution in [1.29, 1.82) is 0 Å². The summed E-state index contributed by atoms with van der Waals surface area (Å²) in [6, 6.07) is 3.62. The first-order chi connectivity index (χ1) is 5.66. The Morgan fingerprint density at radius 2 is 2.08 bits per heavy atom. The van der Waals surface area contributed by atoms with Gasteiger partial charge in [-0.2, -0.15) is 0 Å². The minimum absolute atomic E-state index is 0.234. The highest BCUT2D eigenvalue weighted by Gasteiger charge is 2.11. The van der Waals surface area contributed by atoms with Crippen molar-refractivity contribution in [3.8, 4) is 0 Å². The van der Waals surface area contributed by atoms with Crippen molar-refractivity contribution in [2.24, 2.45) is 5.84 Å². The van der Waals surface area contributed by atoms with Gasteiger partial charge in [0, 0.05) is 11.6 Å². The monoisotopic (exact) mass is 172 g/mol. The molecule has 0 saturated carbocycles. The number of halogens is 2. The molecule has 0 spiro atoms. The number of hydrogen-bond acceptors (Lipinski definition) is 2. The number of hydrogen-bond donors (Lipinski definition) is 2. The lowest BCUT2D eigenvalue weighted by atomic mass is 10.1. The lowest BCUT2D eigenvalue weighted by Gasteiger charge is -2.10. The maximum atomic E-state index is 13.0. The van der Waals surface area contributed by atoms with E-state index >= 15 is 0 Å². The fourth-order valence-corrected chi connectivity index (χ4v) is 0.945. The first kappa shape index (κ1) is 9.09. The minimum atomic E-state index is -0.852. The summed E-state index contributed by atoms with van der Waals surface area (Å²) in [6.45, 7) is 1.65. The number of nitrogens with one attached hydrogen (secondary N) is 1. The zero-order chi connectivity index (χ0) is 9.14. The average molecular weight is 172 g/mol. The minimum Gasteiger partial charge on any atom is -0.271 e. The quantitative estimate of drug-likeness (QED) is 0.524. The van der Waals surface area contributed by atoms with Crippen molar-refractivity contribution in [2.45, 2.75) is 13.0 Å². The van der Waals surface area contributed by atoms with E-state index in [9.17, 15) is 8.78 Å². The van der Waals surface area contributed by atoms with E-state index in [2.05, 4.69) is 5.43 Å². The second kappa shape index (κ2) is 3.60. The number of rotatable bonds is 2. The van der Waals surface area contributed by atoms with Gasteiger partial charge in [0.25, 0.3) is 0 Å². The maximum absolute atomic E-state index is 13.0. The molecule has 0 aliphatic rings. The predicted molar refractivity (Wildman–Crippen MR) is 42.1 cm³/mol. The van der Waals surface area contributed by atoms with Crippen LogP contribution >= 0.6 is 0 Å². The molecule has 0 aliphatic heterocycles. The highest BCUT2D eigenvalue weighted by Crippen LogP contribution is 2.17. The fourth-order valence-electron chi connectivity index (χ4n) is 0.945. The lowest BCUT2D eigenvalue weighted by molar-refractivity contribution is 0.476. The summed E-state index contributed by atoms with van der Waals surface area (Å²) in [7, 11) is 0. The van der Waals surface area contributed by atoms with Gasteiger partial charge in [-0.15, -0.1) is 0 Å². The van der Waals surface area contributed by atoms with Gasteiger partial charge in [-0.25, -0.2) is 8.78 Å². The molecule has 4 heteroatoms. The molecule has 0 bridgehead atoms. The molecule has 1 aromatic carbocycles. The van der Waals surface area contributed by atoms with Gasteiger partial charge in [0.2, 0.25) is 0 Å². The van der Waals surface area contributed by atoms with Gasteiger partial charge in [0.1, 0.15) is 0 Å². The normalized spacial score (nSPS) is 13.0. The zero-order valence-electron chi connectivity index (χ0n) is 6.64. The third-order valence-electron chi connectivity index (χ3n) is 1.70. The van der Waals surface area contributed by atoms with Crippen LogP contribution in [0.2, 0.25) is 0 Å². The van der Waals surface area contributed by atoms with Crippen LogP contribution in [0.1, 0.15) is 18.5 Å². The molecule has 66 valence electrons. The molecule has 3 N–H and O–H groups in total. The molecular formula is C8H10F2N2. The Kier molecular flexibility index (Phi) is 2.73. The third kappa shape index (κ3) is 1.60. The van der Waals surface area contributed by atoms with Crippen molar-refractivity contribution in [3.63, 3.8) is 0 Å². The fraction of sp³-hybridized carbons (Fsp3) is 0.250. The SMILES string of the molecule is C[C@@H](NN)c1cccc(F)c1F. The summed E-state index contributed by atoms with van der Waals surface area (Å²) in [5.41, 5.74) is 2.58. The molecule has 1 atom stereocenters. The van der Waals surface area contributed by atoms with E-state index in [1.807, 2.05) is 0 Å². The van der Waals surface area contributed by atoms with Crippen LogP contribution in [0.3, 0.4) is 0 Å². The zero-order valence-corrected chi connectivity index (χ0v) is 6.64. The molecule has 12 heavy (non-hydrogen) atoms. The van der Waals surface area contributed by atoms with E-state index in [1.54, 1.807) is 6.92 Å². The Bertz CT molecular complexity index is 276. The second-order valence-corrected chi connectivity index (χ2v) is 2.53. The van der Waals surface area contributed by atoms with E-state index in [1.165, 1.54) is 12.1 Å². The van der Waals surface area contributed by atoms with Crippen molar-refractivity contribution in [1.82, 2.24) is 5.43 Å². The summed E-state index contributed by atoms with van der Waals surface area (Å²) in [5.74, 6) is 3.39. The highest BCUT2D eigenvalue weighted by molar-refractivity contribution is 5.21. The van der Waals surface area contributed by atoms with Crippen LogP contribution in [0.25, 0.3) is 0 Å². The van der Waals surface area contributed by atoms with E-state index in [0.717, 1.165) is 6.07 Å². The van der Waals surface area contributed by atoms with E-state index in [4.69, 9.17) is 5.84 Å². The van der Waals surface area contributed by atoms with Gasteiger partial charge >= 0.3 is 0 Å². The molecular weight excluding hydrogens is 162 g/mol. The van der Waals surface area contributed by atoms with Crippen LogP contribution in [-0.4, -0.2) is 0 Å². The Labute approximate surface area is 69.4 Å². The molecule has 0 unspecified atom stereocenters. The topological polar surface area (TPSA) is 38.0 Å². The summed E-state index contributed by atoms with van der Waals surface area (Å²) in [4.78, 5) is 0. The third-order valence-corrected chi connectivity index (χ3v) is 1.70. The summed E-state index contributed by atoms with van der Waals surface area (Å²) < 4.78 is 25.6. The largest absolute Gasteiger partial charge is 0.271 e. The van der Waals surface area contributed by atoms with Crippen LogP contribution in [0.4, 0.5) is 8.78 Å². The molecule has 0 heterocycles. The Hall–Kier alpha value is -1.00. The van der Waals surface area contributed by atoms with Crippen LogP contribution in [-0.2, 0) is 0 Å². The second-order valence-electron chi connectivity index (χ2n) is 2.53. The smallest absolute Gasteiger partial charge is 0.163 e. The Balaban J connectivity index is 3.07. The summed E-state index contributed by atoms with van der Waals surface area (Å²) in [6.07, 6.45) is 0. The van der Waals surface area contributed by atoms with Crippen LogP contribution < -0.4 is 11.3 Å². The molecule has 1 rings (SSSR count). The van der Waals surface area contributed by atoms with Gasteiger partial charge in [-0.3, -0.25) is 11.3 Å². The van der Waals surface area contributed by atoms with Crippen LogP contribution in [0.15, 0.2) is 18.2 Å². The molecule has 1 aromatic rings. The van der Waals surface area contributed by atoms with Gasteiger partial charge in [0.15, 0.2) is 11.6 Å². The molecule has 0 radical (unpaired) electrons. The van der Waals surface area contributed by atoms with Gasteiger partial charge in [-0.1, -0.05) is 12.1 Å². The van der Waals surface area contributed by atoms with Gasteiger partial charge < -0.3 is 0 Å². The van der Waals surface area contributed by atoms with E-state index in [0.29, 0.717) is 0 Å². The van der Waals surface area contributed by atoms with Crippen molar-refractivity contribution < 1.29 is 8.78 Å². The van der Waals surface area contributed by atoms with Crippen LogP contribution in [0.5, 0.6) is 0 Å². The summed E-state index contributed by atoms with van der Waals surface area (Å²) in [5, 5.41) is 0. The number of hydrazine groups is 1. The predicted octanol–water partition coefficient (Wildman–Crippen LogP) is 1.49. The standard InChI is InChI=1S/C8H10F2N2/c1-5(12-11)6-3-2-4-7(9)8(6)10/h2-5,12H,11H2,1H3/t5-/m1/s1. The molecule has 0 aromatic heterocycles. The molecule has 2 nitrogen and oxygen atoms in total. The summed E-state index contributed by atoms with van der Waals surface area (Å²) >= 11 is 0. The molecule has 0 fully saturated rings. The van der Waals surface area contributed by atoms with Crippen LogP contribution in [0, 0.1) is 11.6 Å². The van der Waals surface area contributed by atoms with E-state index < -0.39 is 11.6 Å². The highest BCUT2D eigenvalue weighted by atomic mass is 19.2. The molecule has 0 saturated heterocycles. The average Bonchev–Trinajstić information content (AvgIpc) is 2.08. The molecule has 0 aliphatic carbocycles. The van der Waals surface area contributed by atoms with Crippen molar-refractivity contribution in [2.75, 3.05) is 0 Å². The maximum Gasteiger partial charge on any atom is 0.163 e.